The molecule has 196 valence electrons. The fourth-order valence-corrected chi connectivity index (χ4v) is 4.07. The summed E-state index contributed by atoms with van der Waals surface area (Å²) in [5.74, 6) is 1.98. The number of pyridine rings is 2. The number of aromatic nitrogens is 8. The average Bonchev–Trinajstić information content (AvgIpc) is 3.46. The Hall–Kier alpha value is -4.78. The molecule has 13 heteroatoms. The van der Waals surface area contributed by atoms with E-state index in [9.17, 15) is 4.79 Å². The van der Waals surface area contributed by atoms with Crippen molar-refractivity contribution in [2.75, 3.05) is 24.9 Å². The highest BCUT2D eigenvalue weighted by molar-refractivity contribution is 5.94. The monoisotopic (exact) mass is 516 g/mol. The number of hydrogen-bond donors (Lipinski definition) is 3. The summed E-state index contributed by atoms with van der Waals surface area (Å²) in [5, 5.41) is 22.3. The highest BCUT2D eigenvalue weighted by Gasteiger charge is 2.21. The van der Waals surface area contributed by atoms with Crippen LogP contribution in [0.3, 0.4) is 0 Å². The summed E-state index contributed by atoms with van der Waals surface area (Å²) in [5.41, 5.74) is 2.42. The molecule has 0 spiro atoms. The first-order chi connectivity index (χ1) is 18.2. The first-order valence-corrected chi connectivity index (χ1v) is 11.8. The lowest BCUT2D eigenvalue weighted by atomic mass is 9.99. The molecule has 4 heterocycles. The molecule has 3 N–H and O–H groups in total. The van der Waals surface area contributed by atoms with Gasteiger partial charge in [0.25, 0.3) is 5.56 Å². The summed E-state index contributed by atoms with van der Waals surface area (Å²) in [7, 11) is 6.55. The summed E-state index contributed by atoms with van der Waals surface area (Å²) in [6.45, 7) is 3.95. The van der Waals surface area contributed by atoms with Gasteiger partial charge in [0.1, 0.15) is 17.0 Å². The van der Waals surface area contributed by atoms with Crippen molar-refractivity contribution in [3.8, 4) is 17.1 Å². The van der Waals surface area contributed by atoms with Gasteiger partial charge in [0.2, 0.25) is 5.82 Å². The molecule has 0 bridgehead atoms. The Morgan fingerprint density at radius 1 is 1.03 bits per heavy atom. The van der Waals surface area contributed by atoms with Crippen LogP contribution in [0.2, 0.25) is 0 Å². The number of rotatable bonds is 8. The van der Waals surface area contributed by atoms with Crippen LogP contribution in [-0.4, -0.2) is 54.2 Å². The van der Waals surface area contributed by atoms with E-state index < -0.39 is 5.60 Å². The number of anilines is 4. The minimum atomic E-state index is -0.492. The van der Waals surface area contributed by atoms with E-state index in [1.54, 1.807) is 40.6 Å². The number of nitrogens with zero attached hydrogens (tertiary/aromatic N) is 7. The number of para-hydroxylation sites is 1. The fraction of sp³-hybridized carbons (Fsp3) is 0.280. The molecule has 0 saturated carbocycles. The zero-order valence-corrected chi connectivity index (χ0v) is 21.9. The van der Waals surface area contributed by atoms with E-state index >= 15 is 0 Å². The van der Waals surface area contributed by atoms with Crippen molar-refractivity contribution in [2.45, 2.75) is 19.4 Å². The molecule has 4 aromatic heterocycles. The molecule has 0 radical (unpaired) electrons. The molecule has 0 amide bonds. The Labute approximate surface area is 217 Å². The van der Waals surface area contributed by atoms with Crippen molar-refractivity contribution in [3.63, 3.8) is 0 Å². The van der Waals surface area contributed by atoms with E-state index in [1.807, 2.05) is 44.2 Å². The zero-order chi connectivity index (χ0) is 27.0. The molecule has 0 fully saturated rings. The maximum absolute atomic E-state index is 13.0. The summed E-state index contributed by atoms with van der Waals surface area (Å²) < 4.78 is 12.7. The minimum absolute atomic E-state index is 0.228. The lowest BCUT2D eigenvalue weighted by Gasteiger charge is -2.23. The molecule has 0 aliphatic rings. The zero-order valence-electron chi connectivity index (χ0n) is 21.9. The third-order valence-corrected chi connectivity index (χ3v) is 6.27. The number of methoxy groups -OCH3 is 2. The Kier molecular flexibility index (Phi) is 6.28. The quantitative estimate of drug-likeness (QED) is 0.280. The molecule has 38 heavy (non-hydrogen) atoms. The van der Waals surface area contributed by atoms with Crippen LogP contribution in [0.5, 0.6) is 5.75 Å². The molecule has 0 aliphatic heterocycles. The number of aromatic amines is 1. The molecular weight excluding hydrogens is 488 g/mol. The van der Waals surface area contributed by atoms with Crippen molar-refractivity contribution in [1.29, 1.82) is 0 Å². The summed E-state index contributed by atoms with van der Waals surface area (Å²) in [6.07, 6.45) is 1.71. The van der Waals surface area contributed by atoms with E-state index in [0.717, 1.165) is 5.56 Å². The Bertz CT molecular complexity index is 1680. The van der Waals surface area contributed by atoms with Gasteiger partial charge in [0.15, 0.2) is 11.4 Å². The molecule has 0 atom stereocenters. The Balaban J connectivity index is 1.58. The standard InChI is InChI=1S/C25H28N10O3/c1-25(2,38-6)14-10-11-26-18(12-14)28-19-13-17(20-23(29-19)31-34(3)24(20)36)27-16-9-7-8-15(21(16)37-5)22-30-33-35(4)32-22/h7-13H,1-6H3,(H3,26,27,28,29,31). The van der Waals surface area contributed by atoms with Gasteiger partial charge in [-0.15, -0.1) is 10.2 Å². The van der Waals surface area contributed by atoms with Crippen molar-refractivity contribution in [3.05, 3.63) is 58.5 Å². The summed E-state index contributed by atoms with van der Waals surface area (Å²) >= 11 is 0. The van der Waals surface area contributed by atoms with Gasteiger partial charge in [-0.05, 0) is 48.9 Å². The van der Waals surface area contributed by atoms with Crippen LogP contribution in [-0.2, 0) is 24.4 Å². The Morgan fingerprint density at radius 2 is 1.84 bits per heavy atom. The predicted octanol–water partition coefficient (Wildman–Crippen LogP) is 3.22. The number of fused-ring (bicyclic) bond motifs is 1. The molecule has 1 aromatic carbocycles. The molecular formula is C25H28N10O3. The van der Waals surface area contributed by atoms with E-state index in [-0.39, 0.29) is 5.56 Å². The lowest BCUT2D eigenvalue weighted by Crippen LogP contribution is -2.19. The van der Waals surface area contributed by atoms with Crippen LogP contribution in [0.25, 0.3) is 22.4 Å². The third-order valence-electron chi connectivity index (χ3n) is 6.27. The van der Waals surface area contributed by atoms with Crippen molar-refractivity contribution < 1.29 is 9.47 Å². The van der Waals surface area contributed by atoms with E-state index in [4.69, 9.17) is 9.47 Å². The second-order valence-corrected chi connectivity index (χ2v) is 9.14. The van der Waals surface area contributed by atoms with Gasteiger partial charge in [-0.1, -0.05) is 6.07 Å². The molecule has 5 rings (SSSR count). The number of H-pyrrole nitrogens is 1. The molecule has 13 nitrogen and oxygen atoms in total. The average molecular weight is 517 g/mol. The van der Waals surface area contributed by atoms with Crippen LogP contribution >= 0.6 is 0 Å². The van der Waals surface area contributed by atoms with Gasteiger partial charge in [0, 0.05) is 26.4 Å². The van der Waals surface area contributed by atoms with Crippen LogP contribution in [0.15, 0.2) is 47.4 Å². The maximum Gasteiger partial charge on any atom is 0.277 e. The van der Waals surface area contributed by atoms with Crippen LogP contribution < -0.4 is 20.9 Å². The van der Waals surface area contributed by atoms with Crippen molar-refractivity contribution in [2.24, 2.45) is 14.1 Å². The van der Waals surface area contributed by atoms with Crippen LogP contribution in [0.4, 0.5) is 23.0 Å². The topological polar surface area (TPSA) is 150 Å². The molecule has 5 aromatic rings. The first kappa shape index (κ1) is 24.9. The number of hydrogen-bond acceptors (Lipinski definition) is 10. The van der Waals surface area contributed by atoms with Gasteiger partial charge in [-0.3, -0.25) is 14.6 Å². The van der Waals surface area contributed by atoms with E-state index in [2.05, 4.69) is 41.1 Å². The van der Waals surface area contributed by atoms with E-state index in [0.29, 0.717) is 51.2 Å². The highest BCUT2D eigenvalue weighted by atomic mass is 16.5. The number of nitrogens with one attached hydrogen (secondary N) is 3. The molecule has 0 aliphatic carbocycles. The van der Waals surface area contributed by atoms with Gasteiger partial charge >= 0.3 is 0 Å². The number of aryl methyl sites for hydroxylation is 2. The number of tetrazole rings is 1. The smallest absolute Gasteiger partial charge is 0.277 e. The SMILES string of the molecule is COc1c(Nc2cc(Nc3cc(C(C)(C)OC)ccn3)nc3[nH]n(C)c(=O)c23)cccc1-c1nnn(C)n1. The normalized spacial score (nSPS) is 11.6. The summed E-state index contributed by atoms with van der Waals surface area (Å²) in [4.78, 5) is 23.4. The largest absolute Gasteiger partial charge is 0.494 e. The molecule has 0 saturated heterocycles. The van der Waals surface area contributed by atoms with Crippen molar-refractivity contribution >= 4 is 34.0 Å². The van der Waals surface area contributed by atoms with E-state index in [1.165, 1.54) is 9.48 Å². The van der Waals surface area contributed by atoms with Crippen LogP contribution in [0.1, 0.15) is 19.4 Å². The second kappa shape index (κ2) is 9.59. The first-order valence-electron chi connectivity index (χ1n) is 11.8. The summed E-state index contributed by atoms with van der Waals surface area (Å²) in [6, 6.07) is 11.1. The van der Waals surface area contributed by atoms with Gasteiger partial charge in [0.05, 0.1) is 36.7 Å². The maximum atomic E-state index is 13.0. The predicted molar refractivity (Wildman–Crippen MR) is 143 cm³/mol. The number of ether oxygens (including phenoxy) is 2. The number of benzene rings is 1. The second-order valence-electron chi connectivity index (χ2n) is 9.14. The minimum Gasteiger partial charge on any atom is -0.494 e. The lowest BCUT2D eigenvalue weighted by molar-refractivity contribution is 0.0192. The van der Waals surface area contributed by atoms with Gasteiger partial charge in [-0.25, -0.2) is 9.97 Å². The Morgan fingerprint density at radius 3 is 2.55 bits per heavy atom. The molecule has 0 unspecified atom stereocenters. The van der Waals surface area contributed by atoms with Crippen LogP contribution in [0, 0.1) is 0 Å². The van der Waals surface area contributed by atoms with Gasteiger partial charge < -0.3 is 20.1 Å². The highest BCUT2D eigenvalue weighted by Crippen LogP contribution is 2.37. The van der Waals surface area contributed by atoms with Gasteiger partial charge in [-0.2, -0.15) is 4.80 Å². The fourth-order valence-electron chi connectivity index (χ4n) is 4.07. The van der Waals surface area contributed by atoms with Crippen molar-refractivity contribution in [1.82, 2.24) is 40.0 Å². The third kappa shape index (κ3) is 4.54.